The summed E-state index contributed by atoms with van der Waals surface area (Å²) in [6.45, 7) is 1.40. The Balaban J connectivity index is 1.13. The first-order valence-electron chi connectivity index (χ1n) is 13.2. The van der Waals surface area contributed by atoms with Gasteiger partial charge < -0.3 is 19.9 Å². The predicted octanol–water partition coefficient (Wildman–Crippen LogP) is 5.52. The molecule has 2 amide bonds. The fourth-order valence-electron chi connectivity index (χ4n) is 4.91. The molecule has 0 radical (unpaired) electrons. The normalized spacial score (nSPS) is 14.9. The van der Waals surface area contributed by atoms with Crippen LogP contribution in [0.3, 0.4) is 0 Å². The van der Waals surface area contributed by atoms with Gasteiger partial charge in [-0.2, -0.15) is 0 Å². The number of amides is 2. The number of thiophene rings is 1. The molecule has 2 aromatic carbocycles. The molecular weight excluding hydrogens is 583 g/mol. The first kappa shape index (κ1) is 28.9. The van der Waals surface area contributed by atoms with Crippen LogP contribution in [0.25, 0.3) is 16.2 Å². The number of nitrogens with zero attached hydrogens (tertiary/aromatic N) is 3. The molecule has 8 nitrogen and oxygen atoms in total. The summed E-state index contributed by atoms with van der Waals surface area (Å²) < 4.78 is 2.79. The highest BCUT2D eigenvalue weighted by atomic mass is 35.5. The molecule has 1 aliphatic heterocycles. The number of halogens is 2. The van der Waals surface area contributed by atoms with Crippen LogP contribution in [-0.2, 0) is 27.3 Å². The molecule has 2 N–H and O–H groups in total. The Kier molecular flexibility index (Phi) is 9.07. The van der Waals surface area contributed by atoms with E-state index in [2.05, 4.69) is 10.3 Å². The molecule has 212 valence electrons. The summed E-state index contributed by atoms with van der Waals surface area (Å²) in [7, 11) is 0. The van der Waals surface area contributed by atoms with Crippen molar-refractivity contribution in [3.05, 3.63) is 93.3 Å². The Morgan fingerprint density at radius 3 is 2.61 bits per heavy atom. The van der Waals surface area contributed by atoms with E-state index in [4.69, 9.17) is 23.2 Å². The van der Waals surface area contributed by atoms with Crippen LogP contribution in [-0.4, -0.2) is 56.5 Å². The zero-order valence-corrected chi connectivity index (χ0v) is 24.3. The second-order valence-electron chi connectivity index (χ2n) is 9.99. The summed E-state index contributed by atoms with van der Waals surface area (Å²) in [5.74, 6) is -2.01. The summed E-state index contributed by atoms with van der Waals surface area (Å²) in [4.78, 5) is 43.7. The molecule has 0 aliphatic carbocycles. The molecule has 1 atom stereocenters. The van der Waals surface area contributed by atoms with E-state index in [-0.39, 0.29) is 24.2 Å². The monoisotopic (exact) mass is 610 g/mol. The number of carbonyl (C=O) groups is 3. The van der Waals surface area contributed by atoms with Gasteiger partial charge in [0.05, 0.1) is 26.8 Å². The van der Waals surface area contributed by atoms with Crippen molar-refractivity contribution in [2.24, 2.45) is 5.92 Å². The van der Waals surface area contributed by atoms with E-state index in [0.29, 0.717) is 53.8 Å². The van der Waals surface area contributed by atoms with E-state index in [9.17, 15) is 19.5 Å². The number of hydrogen-bond acceptors (Lipinski definition) is 5. The highest BCUT2D eigenvalue weighted by Crippen LogP contribution is 2.37. The van der Waals surface area contributed by atoms with E-state index >= 15 is 0 Å². The third kappa shape index (κ3) is 6.98. The van der Waals surface area contributed by atoms with Crippen LogP contribution < -0.4 is 5.32 Å². The second kappa shape index (κ2) is 12.9. The highest BCUT2D eigenvalue weighted by Gasteiger charge is 2.30. The van der Waals surface area contributed by atoms with Crippen molar-refractivity contribution in [2.45, 2.75) is 31.8 Å². The number of carbonyl (C=O) groups excluding carboxylic acids is 2. The van der Waals surface area contributed by atoms with Gasteiger partial charge in [-0.05, 0) is 52.9 Å². The molecule has 1 saturated heterocycles. The fourth-order valence-corrected chi connectivity index (χ4v) is 6.35. The van der Waals surface area contributed by atoms with Gasteiger partial charge in [-0.1, -0.05) is 53.5 Å². The van der Waals surface area contributed by atoms with Gasteiger partial charge in [0.1, 0.15) is 6.04 Å². The van der Waals surface area contributed by atoms with Gasteiger partial charge in [-0.3, -0.25) is 9.59 Å². The number of fused-ring (bicyclic) bond motifs is 1. The van der Waals surface area contributed by atoms with Crippen LogP contribution in [0.2, 0.25) is 10.0 Å². The van der Waals surface area contributed by atoms with Crippen molar-refractivity contribution in [1.82, 2.24) is 19.8 Å². The van der Waals surface area contributed by atoms with Gasteiger partial charge in [0, 0.05) is 44.2 Å². The maximum absolute atomic E-state index is 12.9. The molecular formula is C30H28Cl2N4O4S. The molecule has 0 bridgehead atoms. The average Bonchev–Trinajstić information content (AvgIpc) is 3.63. The molecule has 4 aromatic rings. The molecule has 5 rings (SSSR count). The van der Waals surface area contributed by atoms with Gasteiger partial charge >= 0.3 is 5.97 Å². The molecule has 1 unspecified atom stereocenters. The van der Waals surface area contributed by atoms with Gasteiger partial charge in [0.15, 0.2) is 0 Å². The van der Waals surface area contributed by atoms with E-state index in [1.807, 2.05) is 52.4 Å². The van der Waals surface area contributed by atoms with Gasteiger partial charge in [-0.25, -0.2) is 9.78 Å². The number of benzene rings is 2. The summed E-state index contributed by atoms with van der Waals surface area (Å²) >= 11 is 14.3. The van der Waals surface area contributed by atoms with Crippen molar-refractivity contribution in [2.75, 3.05) is 13.1 Å². The lowest BCUT2D eigenvalue weighted by Crippen LogP contribution is -2.48. The number of carboxylic acid groups (broad SMARTS) is 1. The topological polar surface area (TPSA) is 105 Å². The SMILES string of the molecule is O=C(NC(Cc1cn(Cc2ccccc2)cn1)C(=O)O)C1CCN(C(=O)/C=C/c2cc3ccsc3c(Cl)c2Cl)CC1. The van der Waals surface area contributed by atoms with E-state index in [1.165, 1.54) is 17.4 Å². The first-order chi connectivity index (χ1) is 19.8. The number of carboxylic acids is 1. The number of nitrogens with one attached hydrogen (secondary N) is 1. The van der Waals surface area contributed by atoms with Crippen molar-refractivity contribution in [3.8, 4) is 0 Å². The van der Waals surface area contributed by atoms with E-state index < -0.39 is 12.0 Å². The molecule has 41 heavy (non-hydrogen) atoms. The van der Waals surface area contributed by atoms with E-state index in [0.717, 1.165) is 15.6 Å². The van der Waals surface area contributed by atoms with Gasteiger partial charge in [0.25, 0.3) is 0 Å². The highest BCUT2D eigenvalue weighted by molar-refractivity contribution is 7.18. The van der Waals surface area contributed by atoms with Crippen LogP contribution in [0, 0.1) is 5.92 Å². The van der Waals surface area contributed by atoms with Crippen LogP contribution in [0.15, 0.2) is 66.4 Å². The lowest BCUT2D eigenvalue weighted by molar-refractivity contribution is -0.142. The Hall–Kier alpha value is -3.66. The zero-order chi connectivity index (χ0) is 28.9. The Morgan fingerprint density at radius 1 is 1.12 bits per heavy atom. The third-order valence-electron chi connectivity index (χ3n) is 7.16. The molecule has 2 aromatic heterocycles. The largest absolute Gasteiger partial charge is 0.480 e. The number of aliphatic carboxylic acids is 1. The fraction of sp³-hybridized carbons (Fsp3) is 0.267. The van der Waals surface area contributed by atoms with Gasteiger partial charge in [-0.15, -0.1) is 11.3 Å². The Morgan fingerprint density at radius 2 is 1.88 bits per heavy atom. The van der Waals surface area contributed by atoms with E-state index in [1.54, 1.807) is 23.5 Å². The molecule has 3 heterocycles. The number of likely N-dealkylation sites (tertiary alicyclic amines) is 1. The smallest absolute Gasteiger partial charge is 0.326 e. The van der Waals surface area contributed by atoms with Crippen molar-refractivity contribution < 1.29 is 19.5 Å². The van der Waals surface area contributed by atoms with Crippen LogP contribution in [0.5, 0.6) is 0 Å². The number of hydrogen-bond donors (Lipinski definition) is 2. The lowest BCUT2D eigenvalue weighted by Gasteiger charge is -2.31. The lowest BCUT2D eigenvalue weighted by atomic mass is 9.95. The number of piperidine rings is 1. The van der Waals surface area contributed by atoms with Crippen molar-refractivity contribution in [3.63, 3.8) is 0 Å². The quantitative estimate of drug-likeness (QED) is 0.243. The Labute approximate surface area is 251 Å². The van der Waals surface area contributed by atoms with Crippen LogP contribution >= 0.6 is 34.5 Å². The summed E-state index contributed by atoms with van der Waals surface area (Å²) in [6.07, 6.45) is 7.54. The molecule has 1 fully saturated rings. The molecule has 0 saturated carbocycles. The maximum atomic E-state index is 12.9. The van der Waals surface area contributed by atoms with Crippen molar-refractivity contribution >= 4 is 68.5 Å². The summed E-state index contributed by atoms with van der Waals surface area (Å²) in [5, 5.41) is 16.2. The second-order valence-corrected chi connectivity index (χ2v) is 11.7. The molecule has 1 aliphatic rings. The van der Waals surface area contributed by atoms with Crippen molar-refractivity contribution in [1.29, 1.82) is 0 Å². The number of imidazole rings is 1. The minimum absolute atomic E-state index is 0.0781. The minimum Gasteiger partial charge on any atom is -0.480 e. The summed E-state index contributed by atoms with van der Waals surface area (Å²) in [5.41, 5.74) is 2.35. The van der Waals surface area contributed by atoms with Gasteiger partial charge in [0.2, 0.25) is 11.8 Å². The number of rotatable bonds is 9. The standard InChI is InChI=1S/C30H28Cl2N4O4S/c31-26-21(14-22-10-13-41-28(22)27(26)32)6-7-25(37)36-11-8-20(9-12-36)29(38)34-24(30(39)40)15-23-17-35(18-33-23)16-19-4-2-1-3-5-19/h1-7,10,13-14,17-18,20,24H,8-9,11-12,15-16H2,(H,34,38)(H,39,40)/b7-6+. The Bertz CT molecular complexity index is 1590. The minimum atomic E-state index is -1.12. The molecule has 11 heteroatoms. The maximum Gasteiger partial charge on any atom is 0.326 e. The zero-order valence-electron chi connectivity index (χ0n) is 22.0. The summed E-state index contributed by atoms with van der Waals surface area (Å²) in [6, 6.07) is 12.6. The number of aromatic nitrogens is 2. The third-order valence-corrected chi connectivity index (χ3v) is 9.10. The molecule has 0 spiro atoms. The predicted molar refractivity (Wildman–Crippen MR) is 161 cm³/mol. The van der Waals surface area contributed by atoms with Crippen LogP contribution in [0.4, 0.5) is 0 Å². The van der Waals surface area contributed by atoms with Crippen LogP contribution in [0.1, 0.15) is 29.7 Å². The first-order valence-corrected chi connectivity index (χ1v) is 14.8. The average molecular weight is 612 g/mol.